The van der Waals surface area contributed by atoms with Gasteiger partial charge in [0.1, 0.15) is 5.82 Å². The van der Waals surface area contributed by atoms with Crippen LogP contribution in [0.2, 0.25) is 0 Å². The summed E-state index contributed by atoms with van der Waals surface area (Å²) in [5.41, 5.74) is 6.58. The van der Waals surface area contributed by atoms with Crippen LogP contribution in [0.1, 0.15) is 11.1 Å². The van der Waals surface area contributed by atoms with Crippen molar-refractivity contribution in [3.8, 4) is 11.8 Å². The molecule has 0 heterocycles. The van der Waals surface area contributed by atoms with Crippen molar-refractivity contribution in [2.75, 3.05) is 20.6 Å². The molecule has 0 saturated carbocycles. The molecular weight excluding hydrogens is 191 g/mol. The number of rotatable bonds is 2. The normalized spacial score (nSPS) is 9.93. The lowest BCUT2D eigenvalue weighted by molar-refractivity contribution is 0.392. The summed E-state index contributed by atoms with van der Waals surface area (Å²) in [7, 11) is 3.81. The van der Waals surface area contributed by atoms with Crippen molar-refractivity contribution >= 4 is 0 Å². The van der Waals surface area contributed by atoms with E-state index < -0.39 is 0 Å². The van der Waals surface area contributed by atoms with E-state index >= 15 is 0 Å². The molecule has 0 aliphatic heterocycles. The number of nitrogens with two attached hydrogens (primary N) is 1. The summed E-state index contributed by atoms with van der Waals surface area (Å²) in [6.45, 7) is 0.886. The standard InChI is InChI=1S/C12H15FN2/c1-15(2)9-11-6-5-10(4-3-7-14)8-12(11)13/h5-6,8H,7,9,14H2,1-2H3. The Morgan fingerprint density at radius 3 is 2.67 bits per heavy atom. The van der Waals surface area contributed by atoms with Crippen molar-refractivity contribution in [3.63, 3.8) is 0 Å². The van der Waals surface area contributed by atoms with Gasteiger partial charge in [-0.05, 0) is 26.2 Å². The van der Waals surface area contributed by atoms with Crippen LogP contribution < -0.4 is 5.73 Å². The molecule has 0 bridgehead atoms. The quantitative estimate of drug-likeness (QED) is 0.737. The lowest BCUT2D eigenvalue weighted by Crippen LogP contribution is -2.11. The number of hydrogen-bond donors (Lipinski definition) is 1. The van der Waals surface area contributed by atoms with Crippen LogP contribution >= 0.6 is 0 Å². The van der Waals surface area contributed by atoms with Gasteiger partial charge < -0.3 is 10.6 Å². The number of halogens is 1. The fourth-order valence-corrected chi connectivity index (χ4v) is 1.25. The van der Waals surface area contributed by atoms with Crippen LogP contribution in [0.4, 0.5) is 4.39 Å². The van der Waals surface area contributed by atoms with Crippen LogP contribution in [0.15, 0.2) is 18.2 Å². The number of hydrogen-bond acceptors (Lipinski definition) is 2. The third-order valence-electron chi connectivity index (χ3n) is 1.87. The second kappa shape index (κ2) is 5.50. The third-order valence-corrected chi connectivity index (χ3v) is 1.87. The van der Waals surface area contributed by atoms with Crippen LogP contribution in [-0.4, -0.2) is 25.5 Å². The Labute approximate surface area is 89.9 Å². The highest BCUT2D eigenvalue weighted by Crippen LogP contribution is 2.11. The van der Waals surface area contributed by atoms with Gasteiger partial charge in [0.25, 0.3) is 0 Å². The minimum atomic E-state index is -0.215. The van der Waals surface area contributed by atoms with Gasteiger partial charge in [-0.25, -0.2) is 4.39 Å². The van der Waals surface area contributed by atoms with E-state index in [1.807, 2.05) is 25.1 Å². The van der Waals surface area contributed by atoms with Gasteiger partial charge in [-0.3, -0.25) is 0 Å². The SMILES string of the molecule is CN(C)Cc1ccc(C#CCN)cc1F. The molecule has 0 aliphatic carbocycles. The molecular formula is C12H15FN2. The molecule has 1 rings (SSSR count). The largest absolute Gasteiger partial charge is 0.320 e. The van der Waals surface area contributed by atoms with E-state index in [1.165, 1.54) is 6.07 Å². The van der Waals surface area contributed by atoms with Gasteiger partial charge in [0.15, 0.2) is 0 Å². The van der Waals surface area contributed by atoms with E-state index in [1.54, 1.807) is 6.07 Å². The molecule has 1 aromatic rings. The summed E-state index contributed by atoms with van der Waals surface area (Å²) in [5, 5.41) is 0. The Morgan fingerprint density at radius 2 is 2.13 bits per heavy atom. The molecule has 2 N–H and O–H groups in total. The van der Waals surface area contributed by atoms with Crippen molar-refractivity contribution < 1.29 is 4.39 Å². The van der Waals surface area contributed by atoms with Crippen LogP contribution in [0.3, 0.4) is 0 Å². The topological polar surface area (TPSA) is 29.3 Å². The molecule has 2 nitrogen and oxygen atoms in total. The molecule has 80 valence electrons. The van der Waals surface area contributed by atoms with Gasteiger partial charge in [0, 0.05) is 17.7 Å². The lowest BCUT2D eigenvalue weighted by atomic mass is 10.1. The summed E-state index contributed by atoms with van der Waals surface area (Å²) < 4.78 is 13.5. The number of benzene rings is 1. The minimum Gasteiger partial charge on any atom is -0.320 e. The zero-order chi connectivity index (χ0) is 11.3. The molecule has 0 aromatic heterocycles. The van der Waals surface area contributed by atoms with Gasteiger partial charge in [0.05, 0.1) is 6.54 Å². The second-order valence-electron chi connectivity index (χ2n) is 3.55. The fraction of sp³-hybridized carbons (Fsp3) is 0.333. The first kappa shape index (κ1) is 11.7. The lowest BCUT2D eigenvalue weighted by Gasteiger charge is -2.10. The monoisotopic (exact) mass is 206 g/mol. The van der Waals surface area contributed by atoms with E-state index in [9.17, 15) is 4.39 Å². The minimum absolute atomic E-state index is 0.215. The van der Waals surface area contributed by atoms with Crippen molar-refractivity contribution in [1.29, 1.82) is 0 Å². The molecule has 0 aliphatic rings. The van der Waals surface area contributed by atoms with E-state index in [0.717, 1.165) is 0 Å². The average Bonchev–Trinajstić information content (AvgIpc) is 2.18. The Hall–Kier alpha value is -1.37. The summed E-state index contributed by atoms with van der Waals surface area (Å²) in [6.07, 6.45) is 0. The fourth-order valence-electron chi connectivity index (χ4n) is 1.25. The first-order chi connectivity index (χ1) is 7.13. The van der Waals surface area contributed by atoms with Gasteiger partial charge >= 0.3 is 0 Å². The van der Waals surface area contributed by atoms with E-state index in [4.69, 9.17) is 5.73 Å². The molecule has 15 heavy (non-hydrogen) atoms. The van der Waals surface area contributed by atoms with Crippen LogP contribution in [-0.2, 0) is 6.54 Å². The second-order valence-corrected chi connectivity index (χ2v) is 3.55. The molecule has 0 radical (unpaired) electrons. The number of nitrogens with zero attached hydrogens (tertiary/aromatic N) is 1. The van der Waals surface area contributed by atoms with Gasteiger partial charge in [-0.2, -0.15) is 0 Å². The van der Waals surface area contributed by atoms with E-state index in [-0.39, 0.29) is 5.82 Å². The zero-order valence-corrected chi connectivity index (χ0v) is 9.05. The van der Waals surface area contributed by atoms with Crippen LogP contribution in [0, 0.1) is 17.7 Å². The van der Waals surface area contributed by atoms with Crippen molar-refractivity contribution in [2.45, 2.75) is 6.54 Å². The summed E-state index contributed by atoms with van der Waals surface area (Å²) >= 11 is 0. The Morgan fingerprint density at radius 1 is 1.40 bits per heavy atom. The molecule has 0 fully saturated rings. The van der Waals surface area contributed by atoms with Crippen LogP contribution in [0.25, 0.3) is 0 Å². The van der Waals surface area contributed by atoms with Gasteiger partial charge in [-0.1, -0.05) is 17.9 Å². The molecule has 0 spiro atoms. The molecule has 3 heteroatoms. The average molecular weight is 206 g/mol. The van der Waals surface area contributed by atoms with Crippen molar-refractivity contribution in [3.05, 3.63) is 35.1 Å². The first-order valence-electron chi connectivity index (χ1n) is 4.75. The maximum atomic E-state index is 13.5. The summed E-state index contributed by atoms with van der Waals surface area (Å²) in [6, 6.07) is 5.02. The summed E-state index contributed by atoms with van der Waals surface area (Å²) in [5.74, 6) is 5.27. The molecule has 0 saturated heterocycles. The Balaban J connectivity index is 2.88. The Bertz CT molecular complexity index is 388. The predicted octanol–water partition coefficient (Wildman–Crippen LogP) is 1.20. The maximum Gasteiger partial charge on any atom is 0.128 e. The summed E-state index contributed by atoms with van der Waals surface area (Å²) in [4.78, 5) is 1.92. The molecule has 0 amide bonds. The van der Waals surface area contributed by atoms with Crippen molar-refractivity contribution in [1.82, 2.24) is 4.90 Å². The first-order valence-corrected chi connectivity index (χ1v) is 4.75. The Kier molecular flexibility index (Phi) is 4.29. The van der Waals surface area contributed by atoms with Crippen molar-refractivity contribution in [2.24, 2.45) is 5.73 Å². The third kappa shape index (κ3) is 3.70. The molecule has 0 unspecified atom stereocenters. The van der Waals surface area contributed by atoms with Gasteiger partial charge in [-0.15, -0.1) is 0 Å². The molecule has 0 atom stereocenters. The highest BCUT2D eigenvalue weighted by Gasteiger charge is 2.03. The predicted molar refractivity (Wildman–Crippen MR) is 59.7 cm³/mol. The smallest absolute Gasteiger partial charge is 0.128 e. The highest BCUT2D eigenvalue weighted by atomic mass is 19.1. The maximum absolute atomic E-state index is 13.5. The van der Waals surface area contributed by atoms with Gasteiger partial charge in [0.2, 0.25) is 0 Å². The molecule has 1 aromatic carbocycles. The zero-order valence-electron chi connectivity index (χ0n) is 9.05. The highest BCUT2D eigenvalue weighted by molar-refractivity contribution is 5.37. The van der Waals surface area contributed by atoms with E-state index in [2.05, 4.69) is 11.8 Å². The van der Waals surface area contributed by atoms with E-state index in [0.29, 0.717) is 24.2 Å². The van der Waals surface area contributed by atoms with Crippen LogP contribution in [0.5, 0.6) is 0 Å².